The van der Waals surface area contributed by atoms with Crippen molar-refractivity contribution in [3.05, 3.63) is 212 Å². The van der Waals surface area contributed by atoms with Gasteiger partial charge in [0, 0.05) is 107 Å². The Balaban J connectivity index is 0.000000177. The van der Waals surface area contributed by atoms with E-state index in [-0.39, 0.29) is 111 Å². The van der Waals surface area contributed by atoms with Gasteiger partial charge in [-0.2, -0.15) is 0 Å². The molecule has 614 valence electrons. The maximum Gasteiger partial charge on any atom is 0.410 e. The van der Waals surface area contributed by atoms with Crippen LogP contribution in [0, 0.1) is 0 Å². The van der Waals surface area contributed by atoms with E-state index < -0.39 is 46.5 Å². The van der Waals surface area contributed by atoms with Crippen LogP contribution in [0.4, 0.5) is 9.59 Å². The molecule has 3 aliphatic heterocycles. The van der Waals surface area contributed by atoms with Crippen molar-refractivity contribution in [1.82, 2.24) is 39.3 Å². The molecule has 0 spiro atoms. The lowest BCUT2D eigenvalue weighted by atomic mass is 9.89. The Kier molecular flexibility index (Phi) is 27.7. The van der Waals surface area contributed by atoms with Gasteiger partial charge in [-0.15, -0.1) is 0 Å². The molecule has 10 aromatic rings. The number of fused-ring (bicyclic) bond motifs is 2. The molecule has 24 nitrogen and oxygen atoms in total. The van der Waals surface area contributed by atoms with Crippen LogP contribution in [0.3, 0.4) is 0 Å². The van der Waals surface area contributed by atoms with Gasteiger partial charge in [-0.1, -0.05) is 151 Å². The van der Waals surface area contributed by atoms with E-state index in [0.29, 0.717) is 137 Å². The van der Waals surface area contributed by atoms with Crippen molar-refractivity contribution in [2.24, 2.45) is 0 Å². The highest BCUT2D eigenvalue weighted by atomic mass is 35.5. The molecule has 8 heterocycles. The van der Waals surface area contributed by atoms with Crippen molar-refractivity contribution in [2.75, 3.05) is 39.3 Å². The molecule has 0 atom stereocenters. The van der Waals surface area contributed by atoms with Crippen molar-refractivity contribution in [3.63, 3.8) is 0 Å². The van der Waals surface area contributed by atoms with E-state index in [9.17, 15) is 43.5 Å². The normalized spacial score (nSPS) is 14.7. The molecule has 117 heavy (non-hydrogen) atoms. The summed E-state index contributed by atoms with van der Waals surface area (Å²) in [5.41, 5.74) is 3.04. The van der Waals surface area contributed by atoms with Gasteiger partial charge in [-0.25, -0.2) is 24.0 Å². The number of rotatable bonds is 14. The van der Waals surface area contributed by atoms with Crippen LogP contribution in [0.15, 0.2) is 136 Å². The zero-order chi connectivity index (χ0) is 85.0. The lowest BCUT2D eigenvalue weighted by Crippen LogP contribution is -2.41. The van der Waals surface area contributed by atoms with Crippen LogP contribution in [0.25, 0.3) is 67.9 Å². The highest BCUT2D eigenvalue weighted by molar-refractivity contribution is 6.44. The average Bonchev–Trinajstić information content (AvgIpc) is 1.62. The van der Waals surface area contributed by atoms with Crippen molar-refractivity contribution in [1.29, 1.82) is 0 Å². The number of carbonyl (C=O) groups is 8. The Morgan fingerprint density at radius 2 is 0.761 bits per heavy atom. The second kappa shape index (κ2) is 36.7. The highest BCUT2D eigenvalue weighted by Crippen LogP contribution is 2.47. The first-order chi connectivity index (χ1) is 55.2. The summed E-state index contributed by atoms with van der Waals surface area (Å²) in [5, 5.41) is 35.2. The third-order valence-electron chi connectivity index (χ3n) is 19.1. The van der Waals surface area contributed by atoms with Crippen LogP contribution < -0.4 is 0 Å². The largest absolute Gasteiger partial charge is 0.478 e. The fourth-order valence-corrected chi connectivity index (χ4v) is 16.9. The lowest BCUT2D eigenvalue weighted by Gasteiger charge is -2.33. The van der Waals surface area contributed by atoms with Crippen LogP contribution >= 0.6 is 104 Å². The van der Waals surface area contributed by atoms with Gasteiger partial charge in [0.1, 0.15) is 50.6 Å². The van der Waals surface area contributed by atoms with Gasteiger partial charge in [0.2, 0.25) is 5.91 Å². The number of esters is 1. The number of carboxylic acids is 2. The van der Waals surface area contributed by atoms with Gasteiger partial charge < -0.3 is 52.7 Å². The lowest BCUT2D eigenvalue weighted by molar-refractivity contribution is -0.148. The summed E-state index contributed by atoms with van der Waals surface area (Å²) in [6.07, 6.45) is 12.5. The van der Waals surface area contributed by atoms with E-state index in [1.165, 1.54) is 63.8 Å². The Morgan fingerprint density at radius 1 is 0.444 bits per heavy atom. The van der Waals surface area contributed by atoms with E-state index in [4.69, 9.17) is 137 Å². The Labute approximate surface area is 717 Å². The number of aliphatic carboxylic acids is 1. The summed E-state index contributed by atoms with van der Waals surface area (Å²) in [4.78, 5) is 106. The number of hydrogen-bond acceptors (Lipinski definition) is 17. The highest BCUT2D eigenvalue weighted by Gasteiger charge is 2.40. The maximum atomic E-state index is 14.6. The molecule has 0 aliphatic carbocycles. The summed E-state index contributed by atoms with van der Waals surface area (Å²) < 4.78 is 36.4. The molecule has 0 radical (unpaired) electrons. The van der Waals surface area contributed by atoms with Gasteiger partial charge in [-0.05, 0) is 191 Å². The molecule has 5 aromatic heterocycles. The minimum absolute atomic E-state index is 0.0151. The predicted molar refractivity (Wildman–Crippen MR) is 451 cm³/mol. The second-order valence-corrected chi connectivity index (χ2v) is 34.5. The standard InChI is InChI=1S/C35H36Cl3N3O6.C29H22Cl3N3O5.C20H21Cl3N2O5/c1-34(2,3)45-27(42)11-10-20-8-7-9-26-23(20)14-17-41(26)32(43)29-30(21-12-15-40(16-13-21)33(44)46-35(4,5)6)39-47-31(29)28-24(37)18-22(36)19-25(28)38;1-2-23(36)34-11-8-17(9-12-34)27-26(28(40-33-27)25-20(31)14-18(30)15-21(25)32)29(39)35-13-10-19-16(6-7-24(37)38)4-3-5-22(19)35;1-20(2,3)29-19(28)25-6-4-10(5-7-25)16-15(18(26)27)17(30-24-16)14-12(22)8-11(21)9-13(14)23/h7-11,14,17-19,21H,12-13,15-16H2,1-6H3;2-7,10,13-15,17H,1,8-9,11-12H2,(H,37,38);8-10H,4-7H2,1-3H3,(H,26,27)/b11-10+;7-6+;. The van der Waals surface area contributed by atoms with E-state index in [1.807, 2.05) is 32.9 Å². The number of halogens is 9. The number of aromatic nitrogens is 5. The summed E-state index contributed by atoms with van der Waals surface area (Å²) in [7, 11) is 0. The number of ether oxygens (including phenoxy) is 3. The molecule has 13 rings (SSSR count). The van der Waals surface area contributed by atoms with Crippen molar-refractivity contribution in [3.8, 4) is 34.0 Å². The van der Waals surface area contributed by atoms with Crippen molar-refractivity contribution >= 4 is 186 Å². The van der Waals surface area contributed by atoms with Gasteiger partial charge in [0.15, 0.2) is 17.3 Å². The van der Waals surface area contributed by atoms with Crippen LogP contribution in [-0.4, -0.2) is 153 Å². The number of hydrogen-bond donors (Lipinski definition) is 2. The number of carboxylic acid groups (broad SMARTS) is 2. The first-order valence-corrected chi connectivity index (χ1v) is 40.2. The summed E-state index contributed by atoms with van der Waals surface area (Å²) in [6, 6.07) is 23.2. The molecule has 3 fully saturated rings. The number of benzene rings is 5. The minimum Gasteiger partial charge on any atom is -0.478 e. The molecule has 0 bridgehead atoms. The Morgan fingerprint density at radius 3 is 1.08 bits per heavy atom. The third-order valence-corrected chi connectivity index (χ3v) is 21.6. The molecule has 33 heteroatoms. The number of carbonyl (C=O) groups excluding carboxylic acids is 6. The molecule has 3 aliphatic rings. The Hall–Kier alpha value is -9.60. The Bertz CT molecular complexity index is 5530. The molecule has 5 aromatic carbocycles. The monoisotopic (exact) mass is 1770 g/mol. The zero-order valence-corrected chi connectivity index (χ0v) is 71.4. The maximum absolute atomic E-state index is 14.6. The number of piperidine rings is 3. The number of amides is 3. The number of likely N-dealkylation sites (tertiary alicyclic amines) is 3. The van der Waals surface area contributed by atoms with E-state index >= 15 is 0 Å². The third kappa shape index (κ3) is 20.8. The van der Waals surface area contributed by atoms with E-state index in [1.54, 1.807) is 111 Å². The SMILES string of the molecule is C=CC(=O)N1CCC(c2noc(-c3c(Cl)cc(Cl)cc3Cl)c2C(=O)n2ccc3c(/C=C/C(=O)O)cccc32)CC1.CC(C)(C)OC(=O)/C=C/c1cccc2c1ccn2C(=O)c1c(C2CCN(C(=O)OC(C)(C)C)CC2)noc1-c1c(Cl)cc(Cl)cc1Cl.CC(C)(C)OC(=O)N1CCC(c2noc(-c3c(Cl)cc(Cl)cc3Cl)c2C(=O)O)CC1. The van der Waals surface area contributed by atoms with Crippen molar-refractivity contribution < 1.29 is 76.3 Å². The number of aromatic carboxylic acids is 1. The van der Waals surface area contributed by atoms with E-state index in [2.05, 4.69) is 22.0 Å². The minimum atomic E-state index is -1.20. The van der Waals surface area contributed by atoms with Crippen LogP contribution in [0.2, 0.25) is 45.2 Å². The van der Waals surface area contributed by atoms with Gasteiger partial charge in [0.05, 0.1) is 57.9 Å². The predicted octanol–water partition coefficient (Wildman–Crippen LogP) is 22.5. The van der Waals surface area contributed by atoms with E-state index in [0.717, 1.165) is 17.0 Å². The van der Waals surface area contributed by atoms with Gasteiger partial charge >= 0.3 is 30.1 Å². The van der Waals surface area contributed by atoms with Crippen LogP contribution in [0.1, 0.15) is 178 Å². The molecule has 0 unspecified atom stereocenters. The second-order valence-electron chi connectivity index (χ2n) is 30.7. The molecule has 2 N–H and O–H groups in total. The van der Waals surface area contributed by atoms with Crippen LogP contribution in [0.5, 0.6) is 0 Å². The first kappa shape index (κ1) is 88.2. The average molecular weight is 1780 g/mol. The first-order valence-electron chi connectivity index (χ1n) is 36.8. The molecule has 0 saturated carbocycles. The summed E-state index contributed by atoms with van der Waals surface area (Å²) in [6.45, 7) is 22.5. The summed E-state index contributed by atoms with van der Waals surface area (Å²) >= 11 is 57.0. The number of nitrogens with zero attached hydrogens (tertiary/aromatic N) is 8. The smallest absolute Gasteiger partial charge is 0.410 e. The zero-order valence-electron chi connectivity index (χ0n) is 64.6. The molecule has 3 saturated heterocycles. The quantitative estimate of drug-likeness (QED) is 0.0580. The fourth-order valence-electron chi connectivity index (χ4n) is 13.9. The molecular weight excluding hydrogens is 1700 g/mol. The summed E-state index contributed by atoms with van der Waals surface area (Å²) in [5.74, 6) is -4.09. The van der Waals surface area contributed by atoms with Crippen molar-refractivity contribution in [2.45, 2.75) is 135 Å². The molecule has 3 amide bonds. The fraction of sp³-hybridized carbons (Fsp3) is 0.321. The van der Waals surface area contributed by atoms with Gasteiger partial charge in [0.25, 0.3) is 11.8 Å². The van der Waals surface area contributed by atoms with Crippen LogP contribution in [-0.2, 0) is 28.6 Å². The topological polar surface area (TPSA) is 302 Å². The molecular formula is C84H79Cl9N8O16. The van der Waals surface area contributed by atoms with Gasteiger partial charge in [-0.3, -0.25) is 23.5 Å².